The number of hydrogen-bond donors (Lipinski definition) is 1. The third-order valence-electron chi connectivity index (χ3n) is 4.47. The summed E-state index contributed by atoms with van der Waals surface area (Å²) in [4.78, 5) is 12.6. The van der Waals surface area contributed by atoms with E-state index in [2.05, 4.69) is 15.1 Å². The summed E-state index contributed by atoms with van der Waals surface area (Å²) >= 11 is 0. The van der Waals surface area contributed by atoms with Gasteiger partial charge < -0.3 is 4.98 Å². The Morgan fingerprint density at radius 3 is 2.48 bits per heavy atom. The van der Waals surface area contributed by atoms with Crippen molar-refractivity contribution in [3.05, 3.63) is 48.9 Å². The van der Waals surface area contributed by atoms with E-state index >= 15 is 0 Å². The normalized spacial score (nSPS) is 12.1. The molecule has 1 N–H and O–H groups in total. The van der Waals surface area contributed by atoms with Crippen molar-refractivity contribution >= 4 is 21.0 Å². The molecule has 0 aliphatic heterocycles. The van der Waals surface area contributed by atoms with Gasteiger partial charge in [-0.1, -0.05) is 12.1 Å². The van der Waals surface area contributed by atoms with Gasteiger partial charge in [-0.25, -0.2) is 18.4 Å². The Morgan fingerprint density at radius 1 is 1.11 bits per heavy atom. The molecule has 0 spiro atoms. The average Bonchev–Trinajstić information content (AvgIpc) is 3.27. The lowest BCUT2D eigenvalue weighted by Gasteiger charge is -2.08. The second-order valence-corrected chi connectivity index (χ2v) is 9.15. The fourth-order valence-electron chi connectivity index (χ4n) is 2.87. The summed E-state index contributed by atoms with van der Waals surface area (Å²) < 4.78 is 26.3. The number of fused-ring (bicyclic) bond motifs is 1. The molecule has 3 heterocycles. The highest BCUT2D eigenvalue weighted by Gasteiger charge is 2.19. The number of aromatic amines is 1. The molecule has 7 nitrogen and oxygen atoms in total. The lowest BCUT2D eigenvalue weighted by atomic mass is 10.1. The molecule has 1 aromatic carbocycles. The Kier molecular flexibility index (Phi) is 4.07. The zero-order valence-corrected chi connectivity index (χ0v) is 16.0. The second kappa shape index (κ2) is 6.31. The molecule has 4 aromatic rings. The molecule has 0 radical (unpaired) electrons. The van der Waals surface area contributed by atoms with Crippen molar-refractivity contribution < 1.29 is 9.84 Å². The summed E-state index contributed by atoms with van der Waals surface area (Å²) in [7, 11) is -1.43. The van der Waals surface area contributed by atoms with E-state index in [0.717, 1.165) is 22.3 Å². The molecule has 0 fully saturated rings. The highest BCUT2D eigenvalue weighted by Crippen LogP contribution is 2.28. The first kappa shape index (κ1) is 17.4. The van der Waals surface area contributed by atoms with Crippen molar-refractivity contribution in [3.8, 4) is 22.5 Å². The lowest BCUT2D eigenvalue weighted by Crippen LogP contribution is -2.13. The molecule has 0 aliphatic rings. The number of hydrogen-bond acceptors (Lipinski definition) is 5. The molecule has 4 rings (SSSR count). The molecular weight excluding hydrogens is 362 g/mol. The SMILES string of the molecule is CC(C)S(=O)(=O)c1ccc(-c2cnc3[nH]cc(-c4ccn(C)n4)c3n2)cc1.[HH]. The maximum Gasteiger partial charge on any atom is 0.180 e. The standard InChI is InChI=1S/C19H19N5O2S.H2/c1-12(2)27(25,26)14-6-4-13(5-7-14)17-11-21-19-18(22-17)15(10-20-19)16-8-9-24(3)23-16;/h4-12H,1-3H3,(H,20,21);1H. The molecule has 0 unspecified atom stereocenters. The summed E-state index contributed by atoms with van der Waals surface area (Å²) in [6.07, 6.45) is 5.39. The van der Waals surface area contributed by atoms with Crippen LogP contribution in [-0.2, 0) is 16.9 Å². The first-order chi connectivity index (χ1) is 12.9. The number of nitrogens with one attached hydrogen (secondary N) is 1. The van der Waals surface area contributed by atoms with E-state index in [1.165, 1.54) is 0 Å². The van der Waals surface area contributed by atoms with Crippen LogP contribution in [0.25, 0.3) is 33.7 Å². The third-order valence-corrected chi connectivity index (χ3v) is 6.64. The van der Waals surface area contributed by atoms with Crippen LogP contribution in [0.3, 0.4) is 0 Å². The van der Waals surface area contributed by atoms with E-state index < -0.39 is 15.1 Å². The molecule has 0 bridgehead atoms. The van der Waals surface area contributed by atoms with E-state index in [-0.39, 0.29) is 1.43 Å². The van der Waals surface area contributed by atoms with Gasteiger partial charge in [0.2, 0.25) is 0 Å². The Hall–Kier alpha value is -3.00. The van der Waals surface area contributed by atoms with Gasteiger partial charge in [0.15, 0.2) is 15.5 Å². The molecule has 0 aliphatic carbocycles. The van der Waals surface area contributed by atoms with Crippen molar-refractivity contribution in [2.24, 2.45) is 7.05 Å². The third kappa shape index (κ3) is 3.02. The Labute approximate surface area is 158 Å². The van der Waals surface area contributed by atoms with Gasteiger partial charge in [0.1, 0.15) is 5.52 Å². The number of H-pyrrole nitrogens is 1. The van der Waals surface area contributed by atoms with E-state index in [0.29, 0.717) is 16.2 Å². The van der Waals surface area contributed by atoms with Crippen molar-refractivity contribution in [3.63, 3.8) is 0 Å². The van der Waals surface area contributed by atoms with Crippen LogP contribution in [0.15, 0.2) is 53.8 Å². The average molecular weight is 383 g/mol. The smallest absolute Gasteiger partial charge is 0.180 e. The molecule has 0 saturated carbocycles. The Balaban J connectivity index is 0.00000225. The minimum absolute atomic E-state index is 0. The molecule has 3 aromatic heterocycles. The van der Waals surface area contributed by atoms with E-state index in [1.807, 2.05) is 25.5 Å². The topological polar surface area (TPSA) is 93.5 Å². The van der Waals surface area contributed by atoms with Gasteiger partial charge >= 0.3 is 0 Å². The van der Waals surface area contributed by atoms with Gasteiger partial charge in [0.25, 0.3) is 0 Å². The van der Waals surface area contributed by atoms with Crippen LogP contribution in [0.5, 0.6) is 0 Å². The predicted molar refractivity (Wildman–Crippen MR) is 106 cm³/mol. The van der Waals surface area contributed by atoms with Crippen LogP contribution in [0, 0.1) is 0 Å². The maximum absolute atomic E-state index is 12.3. The number of benzene rings is 1. The van der Waals surface area contributed by atoms with Gasteiger partial charge in [-0.05, 0) is 32.0 Å². The Bertz CT molecular complexity index is 1230. The molecular formula is C19H21N5O2S. The van der Waals surface area contributed by atoms with Gasteiger partial charge in [-0.15, -0.1) is 0 Å². The number of aryl methyl sites for hydroxylation is 1. The number of aromatic nitrogens is 5. The van der Waals surface area contributed by atoms with Crippen LogP contribution in [0.4, 0.5) is 0 Å². The van der Waals surface area contributed by atoms with Crippen LogP contribution in [0.1, 0.15) is 15.3 Å². The molecule has 8 heteroatoms. The van der Waals surface area contributed by atoms with Crippen LogP contribution in [0.2, 0.25) is 0 Å². The van der Waals surface area contributed by atoms with E-state index in [1.54, 1.807) is 49.0 Å². The molecule has 140 valence electrons. The zero-order valence-electron chi connectivity index (χ0n) is 15.2. The quantitative estimate of drug-likeness (QED) is 0.582. The summed E-state index contributed by atoms with van der Waals surface area (Å²) in [5, 5.41) is 3.96. The first-order valence-electron chi connectivity index (χ1n) is 8.55. The minimum Gasteiger partial charge on any atom is -0.344 e. The van der Waals surface area contributed by atoms with Crippen molar-refractivity contribution in [1.29, 1.82) is 0 Å². The first-order valence-corrected chi connectivity index (χ1v) is 10.1. The molecule has 27 heavy (non-hydrogen) atoms. The summed E-state index contributed by atoms with van der Waals surface area (Å²) in [6.45, 7) is 3.35. The highest BCUT2D eigenvalue weighted by molar-refractivity contribution is 7.92. The zero-order chi connectivity index (χ0) is 19.2. The molecule has 0 amide bonds. The van der Waals surface area contributed by atoms with Crippen molar-refractivity contribution in [2.75, 3.05) is 0 Å². The van der Waals surface area contributed by atoms with Gasteiger partial charge in [0.05, 0.1) is 27.7 Å². The van der Waals surface area contributed by atoms with E-state index in [9.17, 15) is 8.42 Å². The monoisotopic (exact) mass is 383 g/mol. The van der Waals surface area contributed by atoms with Gasteiger partial charge in [0, 0.05) is 32.0 Å². The molecule has 0 atom stereocenters. The lowest BCUT2D eigenvalue weighted by molar-refractivity contribution is 0.587. The number of nitrogens with zero attached hydrogens (tertiary/aromatic N) is 4. The summed E-state index contributed by atoms with van der Waals surface area (Å²) in [6, 6.07) is 8.68. The van der Waals surface area contributed by atoms with Gasteiger partial charge in [-0.2, -0.15) is 5.10 Å². The number of rotatable bonds is 4. The van der Waals surface area contributed by atoms with E-state index in [4.69, 9.17) is 4.98 Å². The molecule has 0 saturated heterocycles. The minimum atomic E-state index is -3.29. The fourth-order valence-corrected chi connectivity index (χ4v) is 3.93. The summed E-state index contributed by atoms with van der Waals surface area (Å²) in [5.74, 6) is 0. The number of sulfone groups is 1. The van der Waals surface area contributed by atoms with Crippen molar-refractivity contribution in [2.45, 2.75) is 24.0 Å². The van der Waals surface area contributed by atoms with Crippen molar-refractivity contribution in [1.82, 2.24) is 24.7 Å². The van der Waals surface area contributed by atoms with Crippen LogP contribution >= 0.6 is 0 Å². The summed E-state index contributed by atoms with van der Waals surface area (Å²) in [5.41, 5.74) is 4.57. The predicted octanol–water partition coefficient (Wildman–Crippen LogP) is 3.45. The maximum atomic E-state index is 12.3. The Morgan fingerprint density at radius 2 is 1.85 bits per heavy atom. The van der Waals surface area contributed by atoms with Crippen LogP contribution < -0.4 is 0 Å². The fraction of sp³-hybridized carbons (Fsp3) is 0.211. The van der Waals surface area contributed by atoms with Gasteiger partial charge in [-0.3, -0.25) is 4.68 Å². The highest BCUT2D eigenvalue weighted by atomic mass is 32.2. The largest absolute Gasteiger partial charge is 0.344 e. The van der Waals surface area contributed by atoms with Crippen LogP contribution in [-0.4, -0.2) is 38.4 Å². The second-order valence-electron chi connectivity index (χ2n) is 6.65.